The van der Waals surface area contributed by atoms with E-state index < -0.39 is 23.7 Å². The predicted molar refractivity (Wildman–Crippen MR) is 107 cm³/mol. The number of hydrogen-bond donors (Lipinski definition) is 1. The van der Waals surface area contributed by atoms with Gasteiger partial charge in [-0.15, -0.1) is 0 Å². The predicted octanol–water partition coefficient (Wildman–Crippen LogP) is 2.87. The highest BCUT2D eigenvalue weighted by Gasteiger charge is 2.20. The Morgan fingerprint density at radius 3 is 2.72 bits per heavy atom. The molecule has 0 bridgehead atoms. The maximum absolute atomic E-state index is 12.4. The lowest BCUT2D eigenvalue weighted by molar-refractivity contribution is -0.153. The van der Waals surface area contributed by atoms with Gasteiger partial charge in [-0.05, 0) is 43.7 Å². The Labute approximate surface area is 167 Å². The number of amides is 1. The number of nitrogens with one attached hydrogen (secondary N) is 1. The zero-order valence-corrected chi connectivity index (χ0v) is 16.4. The van der Waals surface area contributed by atoms with Crippen LogP contribution in [-0.4, -0.2) is 29.7 Å². The molecule has 0 aliphatic carbocycles. The van der Waals surface area contributed by atoms with E-state index in [2.05, 4.69) is 5.32 Å². The molecule has 1 heterocycles. The fraction of sp³-hybridized carbons (Fsp3) is 0.286. The van der Waals surface area contributed by atoms with Crippen molar-refractivity contribution in [3.05, 3.63) is 58.6 Å². The number of hydrogen-bond acceptors (Lipinski definition) is 6. The summed E-state index contributed by atoms with van der Waals surface area (Å²) in [5.74, 6) is -1.11. The van der Waals surface area contributed by atoms with Crippen LogP contribution in [0.25, 0.3) is 11.1 Å². The van der Waals surface area contributed by atoms with Crippen molar-refractivity contribution in [2.24, 2.45) is 0 Å². The average molecular weight is 398 g/mol. The molecule has 1 aromatic heterocycles. The highest BCUT2D eigenvalue weighted by molar-refractivity contribution is 5.96. The Balaban J connectivity index is 1.59. The van der Waals surface area contributed by atoms with Crippen LogP contribution in [0.3, 0.4) is 0 Å². The van der Waals surface area contributed by atoms with Gasteiger partial charge in [0.1, 0.15) is 5.75 Å². The van der Waals surface area contributed by atoms with Crippen LogP contribution in [0.4, 0.5) is 5.69 Å². The maximum atomic E-state index is 12.4. The zero-order valence-electron chi connectivity index (χ0n) is 16.4. The van der Waals surface area contributed by atoms with Crippen LogP contribution < -0.4 is 15.8 Å². The summed E-state index contributed by atoms with van der Waals surface area (Å²) in [5, 5.41) is 2.70. The van der Waals surface area contributed by atoms with Gasteiger partial charge >= 0.3 is 11.7 Å². The van der Waals surface area contributed by atoms with Crippen LogP contribution in [-0.2, 0) is 20.9 Å². The van der Waals surface area contributed by atoms with Gasteiger partial charge in [-0.2, -0.15) is 0 Å². The van der Waals surface area contributed by atoms with E-state index in [1.807, 2.05) is 13.0 Å². The van der Waals surface area contributed by atoms with Gasteiger partial charge in [0.05, 0.1) is 24.7 Å². The second-order valence-electron chi connectivity index (χ2n) is 6.56. The summed E-state index contributed by atoms with van der Waals surface area (Å²) in [7, 11) is 1.51. The van der Waals surface area contributed by atoms with Crippen molar-refractivity contribution in [2.45, 2.75) is 32.9 Å². The number of ether oxygens (including phenoxy) is 2. The highest BCUT2D eigenvalue weighted by atomic mass is 16.5. The molecule has 0 radical (unpaired) electrons. The molecule has 0 saturated heterocycles. The molecule has 0 spiro atoms. The standard InChI is InChI=1S/C21H22N2O6/c1-13-8-9-17(27-3)15(12-13)22-20(25)14(2)28-19(24)10-11-23-16-6-4-5-7-18(16)29-21(23)26/h4-9,12,14H,10-11H2,1-3H3,(H,22,25)/t14-/m1/s1. The molecule has 29 heavy (non-hydrogen) atoms. The van der Waals surface area contributed by atoms with Crippen LogP contribution in [0, 0.1) is 6.92 Å². The van der Waals surface area contributed by atoms with Gasteiger partial charge in [0, 0.05) is 6.54 Å². The molecule has 0 aliphatic heterocycles. The Morgan fingerprint density at radius 1 is 1.21 bits per heavy atom. The molecule has 3 aromatic rings. The van der Waals surface area contributed by atoms with Crippen LogP contribution in [0.15, 0.2) is 51.7 Å². The number of aromatic nitrogens is 1. The maximum Gasteiger partial charge on any atom is 0.419 e. The number of carbonyl (C=O) groups excluding carboxylic acids is 2. The zero-order chi connectivity index (χ0) is 21.0. The molecule has 1 atom stereocenters. The fourth-order valence-electron chi connectivity index (χ4n) is 2.89. The first-order valence-electron chi connectivity index (χ1n) is 9.12. The molecule has 0 unspecified atom stereocenters. The van der Waals surface area contributed by atoms with Gasteiger partial charge in [-0.25, -0.2) is 4.79 Å². The van der Waals surface area contributed by atoms with Crippen molar-refractivity contribution in [1.29, 1.82) is 0 Å². The average Bonchev–Trinajstić information content (AvgIpc) is 3.01. The van der Waals surface area contributed by atoms with Gasteiger partial charge in [-0.3, -0.25) is 14.2 Å². The molecular weight excluding hydrogens is 376 g/mol. The summed E-state index contributed by atoms with van der Waals surface area (Å²) in [6, 6.07) is 12.3. The van der Waals surface area contributed by atoms with Crippen molar-refractivity contribution in [3.8, 4) is 5.75 Å². The SMILES string of the molecule is COc1ccc(C)cc1NC(=O)[C@@H](C)OC(=O)CCn1c(=O)oc2ccccc21. The number of anilines is 1. The second kappa shape index (κ2) is 8.64. The minimum Gasteiger partial charge on any atom is -0.495 e. The van der Waals surface area contributed by atoms with Gasteiger partial charge in [0.25, 0.3) is 5.91 Å². The van der Waals surface area contributed by atoms with Crippen LogP contribution in [0.1, 0.15) is 18.9 Å². The highest BCUT2D eigenvalue weighted by Crippen LogP contribution is 2.25. The third-order valence-electron chi connectivity index (χ3n) is 4.40. The molecule has 1 N–H and O–H groups in total. The Hall–Kier alpha value is -3.55. The topological polar surface area (TPSA) is 99.8 Å². The summed E-state index contributed by atoms with van der Waals surface area (Å²) < 4.78 is 16.9. The summed E-state index contributed by atoms with van der Waals surface area (Å²) in [6.45, 7) is 3.46. The number of carbonyl (C=O) groups is 2. The van der Waals surface area contributed by atoms with E-state index >= 15 is 0 Å². The Bertz CT molecular complexity index is 1100. The first kappa shape index (κ1) is 20.2. The molecule has 1 amide bonds. The summed E-state index contributed by atoms with van der Waals surface area (Å²) in [4.78, 5) is 36.5. The molecule has 0 fully saturated rings. The van der Waals surface area contributed by atoms with E-state index in [4.69, 9.17) is 13.9 Å². The quantitative estimate of drug-likeness (QED) is 0.615. The van der Waals surface area contributed by atoms with E-state index in [9.17, 15) is 14.4 Å². The molecule has 2 aromatic carbocycles. The minimum atomic E-state index is -1.01. The van der Waals surface area contributed by atoms with Gasteiger partial charge in [0.15, 0.2) is 11.7 Å². The Morgan fingerprint density at radius 2 is 1.97 bits per heavy atom. The first-order valence-corrected chi connectivity index (χ1v) is 9.12. The Kier molecular flexibility index (Phi) is 6.01. The van der Waals surface area contributed by atoms with E-state index in [1.165, 1.54) is 18.6 Å². The number of para-hydroxylation sites is 2. The van der Waals surface area contributed by atoms with Crippen LogP contribution in [0.5, 0.6) is 5.75 Å². The van der Waals surface area contributed by atoms with Crippen molar-refractivity contribution < 1.29 is 23.5 Å². The summed E-state index contributed by atoms with van der Waals surface area (Å²) in [6.07, 6.45) is -1.08. The van der Waals surface area contributed by atoms with Crippen molar-refractivity contribution in [1.82, 2.24) is 4.57 Å². The van der Waals surface area contributed by atoms with Crippen molar-refractivity contribution in [3.63, 3.8) is 0 Å². The number of nitrogens with zero attached hydrogens (tertiary/aromatic N) is 1. The van der Waals surface area contributed by atoms with Gasteiger partial charge < -0.3 is 19.2 Å². The minimum absolute atomic E-state index is 0.0746. The second-order valence-corrected chi connectivity index (χ2v) is 6.56. The normalized spacial score (nSPS) is 11.8. The fourth-order valence-corrected chi connectivity index (χ4v) is 2.89. The molecule has 8 nitrogen and oxygen atoms in total. The van der Waals surface area contributed by atoms with Crippen molar-refractivity contribution in [2.75, 3.05) is 12.4 Å². The van der Waals surface area contributed by atoms with Crippen molar-refractivity contribution >= 4 is 28.7 Å². The van der Waals surface area contributed by atoms with Crippen LogP contribution in [0.2, 0.25) is 0 Å². The lowest BCUT2D eigenvalue weighted by Crippen LogP contribution is -2.30. The van der Waals surface area contributed by atoms with Crippen LogP contribution >= 0.6 is 0 Å². The number of oxazole rings is 1. The number of benzene rings is 2. The monoisotopic (exact) mass is 398 g/mol. The van der Waals surface area contributed by atoms with E-state index in [0.717, 1.165) is 5.56 Å². The molecular formula is C21H22N2O6. The largest absolute Gasteiger partial charge is 0.495 e. The van der Waals surface area contributed by atoms with E-state index in [0.29, 0.717) is 22.5 Å². The van der Waals surface area contributed by atoms with Gasteiger partial charge in [0.2, 0.25) is 0 Å². The summed E-state index contributed by atoms with van der Waals surface area (Å²) in [5.41, 5.74) is 2.49. The molecule has 0 saturated carbocycles. The van der Waals surface area contributed by atoms with Gasteiger partial charge in [-0.1, -0.05) is 18.2 Å². The number of rotatable bonds is 7. The number of fused-ring (bicyclic) bond motifs is 1. The molecule has 3 rings (SSSR count). The molecule has 8 heteroatoms. The molecule has 152 valence electrons. The smallest absolute Gasteiger partial charge is 0.419 e. The number of aryl methyl sites for hydroxylation is 2. The third kappa shape index (κ3) is 4.66. The lowest BCUT2D eigenvalue weighted by Gasteiger charge is -2.15. The lowest BCUT2D eigenvalue weighted by atomic mass is 10.2. The first-order chi connectivity index (χ1) is 13.9. The number of methoxy groups -OCH3 is 1. The van der Waals surface area contributed by atoms with E-state index in [1.54, 1.807) is 36.4 Å². The third-order valence-corrected chi connectivity index (χ3v) is 4.40. The molecule has 0 aliphatic rings. The number of esters is 1. The summed E-state index contributed by atoms with van der Waals surface area (Å²) >= 11 is 0. The van der Waals surface area contributed by atoms with E-state index in [-0.39, 0.29) is 13.0 Å².